The minimum atomic E-state index is 0.300. The maximum atomic E-state index is 5.58. The van der Waals surface area contributed by atoms with Crippen molar-refractivity contribution in [2.75, 3.05) is 11.9 Å². The summed E-state index contributed by atoms with van der Waals surface area (Å²) < 4.78 is 5.58. The Morgan fingerprint density at radius 3 is 3.21 bits per heavy atom. The number of nitrogens with zero attached hydrogens (tertiary/aromatic N) is 2. The maximum absolute atomic E-state index is 5.58. The summed E-state index contributed by atoms with van der Waals surface area (Å²) in [6, 6.07) is 4.09. The molecule has 14 heavy (non-hydrogen) atoms. The standard InChI is InChI=1S/C10H15N3O/c1-8(9-4-3-7-14-9)12-10-5-2-6-11-13-10/h2,5-6,8-9H,3-4,7H2,1H3,(H,12,13). The predicted octanol–water partition coefficient (Wildman–Crippen LogP) is 1.46. The first kappa shape index (κ1) is 9.40. The van der Waals surface area contributed by atoms with E-state index in [1.165, 1.54) is 0 Å². The quantitative estimate of drug-likeness (QED) is 0.789. The highest BCUT2D eigenvalue weighted by atomic mass is 16.5. The Morgan fingerprint density at radius 2 is 2.57 bits per heavy atom. The van der Waals surface area contributed by atoms with Crippen LogP contribution in [-0.2, 0) is 4.74 Å². The molecular formula is C10H15N3O. The van der Waals surface area contributed by atoms with E-state index in [1.807, 2.05) is 12.1 Å². The third-order valence-corrected chi connectivity index (χ3v) is 2.47. The van der Waals surface area contributed by atoms with E-state index in [1.54, 1.807) is 6.20 Å². The highest BCUT2D eigenvalue weighted by Crippen LogP contribution is 2.17. The first-order chi connectivity index (χ1) is 6.86. The number of anilines is 1. The molecule has 1 aromatic rings. The van der Waals surface area contributed by atoms with Gasteiger partial charge in [0, 0.05) is 12.8 Å². The smallest absolute Gasteiger partial charge is 0.148 e. The lowest BCUT2D eigenvalue weighted by molar-refractivity contribution is 0.0995. The van der Waals surface area contributed by atoms with Crippen LogP contribution in [0.3, 0.4) is 0 Å². The molecule has 2 unspecified atom stereocenters. The summed E-state index contributed by atoms with van der Waals surface area (Å²) in [5.41, 5.74) is 0. The molecule has 0 aromatic carbocycles. The van der Waals surface area contributed by atoms with E-state index in [-0.39, 0.29) is 0 Å². The maximum Gasteiger partial charge on any atom is 0.148 e. The van der Waals surface area contributed by atoms with Crippen molar-refractivity contribution in [3.05, 3.63) is 18.3 Å². The number of nitrogens with one attached hydrogen (secondary N) is 1. The highest BCUT2D eigenvalue weighted by molar-refractivity contribution is 5.33. The normalized spacial score (nSPS) is 23.4. The average molecular weight is 193 g/mol. The molecule has 2 atom stereocenters. The molecule has 0 radical (unpaired) electrons. The van der Waals surface area contributed by atoms with Gasteiger partial charge < -0.3 is 10.1 Å². The second-order valence-corrected chi connectivity index (χ2v) is 3.59. The van der Waals surface area contributed by atoms with Crippen molar-refractivity contribution in [1.82, 2.24) is 10.2 Å². The van der Waals surface area contributed by atoms with Gasteiger partial charge in [-0.3, -0.25) is 0 Å². The van der Waals surface area contributed by atoms with Crippen LogP contribution in [0.1, 0.15) is 19.8 Å². The summed E-state index contributed by atoms with van der Waals surface area (Å²) >= 11 is 0. The first-order valence-electron chi connectivity index (χ1n) is 5.02. The first-order valence-corrected chi connectivity index (χ1v) is 5.02. The molecule has 1 aliphatic heterocycles. The van der Waals surface area contributed by atoms with Crippen molar-refractivity contribution in [3.8, 4) is 0 Å². The molecule has 0 bridgehead atoms. The molecular weight excluding hydrogens is 178 g/mol. The van der Waals surface area contributed by atoms with Gasteiger partial charge >= 0.3 is 0 Å². The molecule has 0 amide bonds. The van der Waals surface area contributed by atoms with E-state index in [0.717, 1.165) is 25.3 Å². The minimum absolute atomic E-state index is 0.300. The van der Waals surface area contributed by atoms with Gasteiger partial charge in [-0.1, -0.05) is 0 Å². The summed E-state index contributed by atoms with van der Waals surface area (Å²) in [6.45, 7) is 3.00. The molecule has 4 nitrogen and oxygen atoms in total. The van der Waals surface area contributed by atoms with Gasteiger partial charge in [-0.15, -0.1) is 5.10 Å². The van der Waals surface area contributed by atoms with E-state index in [4.69, 9.17) is 4.74 Å². The molecule has 1 saturated heterocycles. The van der Waals surface area contributed by atoms with Crippen LogP contribution in [0.2, 0.25) is 0 Å². The highest BCUT2D eigenvalue weighted by Gasteiger charge is 2.22. The zero-order valence-corrected chi connectivity index (χ0v) is 8.31. The van der Waals surface area contributed by atoms with Crippen LogP contribution >= 0.6 is 0 Å². The number of aromatic nitrogens is 2. The molecule has 4 heteroatoms. The zero-order valence-electron chi connectivity index (χ0n) is 8.31. The summed E-state index contributed by atoms with van der Waals surface area (Å²) in [5.74, 6) is 0.815. The van der Waals surface area contributed by atoms with E-state index in [0.29, 0.717) is 12.1 Å². The van der Waals surface area contributed by atoms with Gasteiger partial charge in [0.25, 0.3) is 0 Å². The molecule has 1 N–H and O–H groups in total. The lowest BCUT2D eigenvalue weighted by Crippen LogP contribution is -2.30. The fourth-order valence-electron chi connectivity index (χ4n) is 1.70. The Bertz CT molecular complexity index is 272. The van der Waals surface area contributed by atoms with Gasteiger partial charge in [-0.2, -0.15) is 5.10 Å². The second-order valence-electron chi connectivity index (χ2n) is 3.59. The summed E-state index contributed by atoms with van der Waals surface area (Å²) in [4.78, 5) is 0. The van der Waals surface area contributed by atoms with E-state index < -0.39 is 0 Å². The Balaban J connectivity index is 1.90. The SMILES string of the molecule is CC(Nc1cccnn1)C1CCCO1. The van der Waals surface area contributed by atoms with E-state index in [9.17, 15) is 0 Å². The van der Waals surface area contributed by atoms with Crippen LogP contribution in [0.25, 0.3) is 0 Å². The van der Waals surface area contributed by atoms with E-state index in [2.05, 4.69) is 22.4 Å². The van der Waals surface area contributed by atoms with Crippen LogP contribution in [0.15, 0.2) is 18.3 Å². The largest absolute Gasteiger partial charge is 0.376 e. The molecule has 1 aliphatic rings. The van der Waals surface area contributed by atoms with E-state index >= 15 is 0 Å². The Labute approximate surface area is 83.7 Å². The van der Waals surface area contributed by atoms with Crippen molar-refractivity contribution in [3.63, 3.8) is 0 Å². The van der Waals surface area contributed by atoms with Crippen molar-refractivity contribution < 1.29 is 4.74 Å². The topological polar surface area (TPSA) is 47.0 Å². The van der Waals surface area contributed by atoms with Gasteiger partial charge in [0.1, 0.15) is 5.82 Å². The minimum Gasteiger partial charge on any atom is -0.376 e. The van der Waals surface area contributed by atoms with Gasteiger partial charge in [-0.25, -0.2) is 0 Å². The van der Waals surface area contributed by atoms with Crippen molar-refractivity contribution in [2.45, 2.75) is 31.9 Å². The van der Waals surface area contributed by atoms with Gasteiger partial charge in [0.05, 0.1) is 12.1 Å². The van der Waals surface area contributed by atoms with Gasteiger partial charge in [-0.05, 0) is 31.9 Å². The fraction of sp³-hybridized carbons (Fsp3) is 0.600. The molecule has 2 rings (SSSR count). The van der Waals surface area contributed by atoms with Crippen molar-refractivity contribution in [2.24, 2.45) is 0 Å². The number of hydrogen-bond donors (Lipinski definition) is 1. The molecule has 1 fully saturated rings. The van der Waals surface area contributed by atoms with Crippen LogP contribution in [0.5, 0.6) is 0 Å². The molecule has 2 heterocycles. The van der Waals surface area contributed by atoms with Gasteiger partial charge in [0.2, 0.25) is 0 Å². The van der Waals surface area contributed by atoms with Crippen LogP contribution in [0, 0.1) is 0 Å². The molecule has 0 saturated carbocycles. The molecule has 76 valence electrons. The summed E-state index contributed by atoms with van der Waals surface area (Å²) in [5, 5.41) is 11.1. The molecule has 1 aromatic heterocycles. The number of rotatable bonds is 3. The fourth-order valence-corrected chi connectivity index (χ4v) is 1.70. The lowest BCUT2D eigenvalue weighted by atomic mass is 10.1. The lowest BCUT2D eigenvalue weighted by Gasteiger charge is -2.19. The average Bonchev–Trinajstić information content (AvgIpc) is 2.72. The van der Waals surface area contributed by atoms with Crippen LogP contribution in [0.4, 0.5) is 5.82 Å². The third-order valence-electron chi connectivity index (χ3n) is 2.47. The van der Waals surface area contributed by atoms with Gasteiger partial charge in [0.15, 0.2) is 0 Å². The van der Waals surface area contributed by atoms with Crippen molar-refractivity contribution >= 4 is 5.82 Å². The molecule has 0 spiro atoms. The Kier molecular flexibility index (Phi) is 2.93. The number of ether oxygens (including phenoxy) is 1. The monoisotopic (exact) mass is 193 g/mol. The zero-order chi connectivity index (χ0) is 9.80. The Morgan fingerprint density at radius 1 is 1.64 bits per heavy atom. The third kappa shape index (κ3) is 2.20. The predicted molar refractivity (Wildman–Crippen MR) is 54.1 cm³/mol. The number of hydrogen-bond acceptors (Lipinski definition) is 4. The summed E-state index contributed by atoms with van der Waals surface area (Å²) in [7, 11) is 0. The summed E-state index contributed by atoms with van der Waals surface area (Å²) in [6.07, 6.45) is 4.28. The van der Waals surface area contributed by atoms with Crippen LogP contribution in [-0.4, -0.2) is 29.0 Å². The van der Waals surface area contributed by atoms with Crippen LogP contribution < -0.4 is 5.32 Å². The molecule has 0 aliphatic carbocycles. The van der Waals surface area contributed by atoms with Crippen molar-refractivity contribution in [1.29, 1.82) is 0 Å². The second kappa shape index (κ2) is 4.37. The Hall–Kier alpha value is -1.16.